The van der Waals surface area contributed by atoms with Crippen molar-refractivity contribution < 1.29 is 14.6 Å². The van der Waals surface area contributed by atoms with Crippen molar-refractivity contribution >= 4 is 0 Å². The highest BCUT2D eigenvalue weighted by atomic mass is 19.1. The molecule has 2 N–H and O–H groups in total. The van der Waals surface area contributed by atoms with Crippen LogP contribution in [0.4, 0.5) is 4.39 Å². The summed E-state index contributed by atoms with van der Waals surface area (Å²) in [4.78, 5) is 0. The van der Waals surface area contributed by atoms with Crippen molar-refractivity contribution in [1.82, 2.24) is 0 Å². The molecule has 0 aliphatic carbocycles. The number of aliphatic hydroxyl groups is 2. The Morgan fingerprint density at radius 2 is 1.69 bits per heavy atom. The molecule has 0 aromatic heterocycles. The van der Waals surface area contributed by atoms with E-state index in [2.05, 4.69) is 0 Å². The standard InChI is InChI=1S/C13H19FO2/c1-9-5-12(13(14)6-10(9)2)4-3-11(7-15)8-16/h5-6,11,15-16H,3-4,7-8H2,1-2H3. The van der Waals surface area contributed by atoms with Gasteiger partial charge in [-0.25, -0.2) is 4.39 Å². The van der Waals surface area contributed by atoms with E-state index in [9.17, 15) is 4.39 Å². The van der Waals surface area contributed by atoms with Crippen molar-refractivity contribution in [3.05, 3.63) is 34.6 Å². The first kappa shape index (κ1) is 13.1. The third-order valence-electron chi connectivity index (χ3n) is 3.00. The Morgan fingerprint density at radius 3 is 2.25 bits per heavy atom. The van der Waals surface area contributed by atoms with Crippen LogP contribution in [0.25, 0.3) is 0 Å². The van der Waals surface area contributed by atoms with E-state index in [1.807, 2.05) is 19.9 Å². The first-order valence-corrected chi connectivity index (χ1v) is 5.55. The number of benzene rings is 1. The van der Waals surface area contributed by atoms with Crippen LogP contribution in [0.2, 0.25) is 0 Å². The average molecular weight is 226 g/mol. The van der Waals surface area contributed by atoms with Gasteiger partial charge in [0.15, 0.2) is 0 Å². The third kappa shape index (κ3) is 3.29. The van der Waals surface area contributed by atoms with E-state index in [1.165, 1.54) is 6.07 Å². The number of rotatable bonds is 5. The molecule has 3 heteroatoms. The molecule has 0 spiro atoms. The van der Waals surface area contributed by atoms with Crippen LogP contribution in [0.5, 0.6) is 0 Å². The molecule has 1 rings (SSSR count). The molecule has 0 bridgehead atoms. The van der Waals surface area contributed by atoms with Crippen molar-refractivity contribution in [2.45, 2.75) is 26.7 Å². The Bertz CT molecular complexity index is 346. The molecule has 1 aromatic rings. The van der Waals surface area contributed by atoms with Crippen molar-refractivity contribution in [3.8, 4) is 0 Å². The molecule has 0 heterocycles. The van der Waals surface area contributed by atoms with Crippen molar-refractivity contribution in [1.29, 1.82) is 0 Å². The highest BCUT2D eigenvalue weighted by Crippen LogP contribution is 2.17. The lowest BCUT2D eigenvalue weighted by Gasteiger charge is -2.12. The number of halogens is 1. The van der Waals surface area contributed by atoms with E-state index >= 15 is 0 Å². The minimum atomic E-state index is -0.197. The average Bonchev–Trinajstić information content (AvgIpc) is 2.26. The highest BCUT2D eigenvalue weighted by molar-refractivity contribution is 5.31. The summed E-state index contributed by atoms with van der Waals surface area (Å²) >= 11 is 0. The summed E-state index contributed by atoms with van der Waals surface area (Å²) in [6.45, 7) is 3.73. The fraction of sp³-hybridized carbons (Fsp3) is 0.538. The van der Waals surface area contributed by atoms with E-state index < -0.39 is 0 Å². The van der Waals surface area contributed by atoms with Gasteiger partial charge in [0.1, 0.15) is 5.82 Å². The first-order chi connectivity index (χ1) is 7.58. The molecule has 0 radical (unpaired) electrons. The van der Waals surface area contributed by atoms with Gasteiger partial charge in [-0.05, 0) is 49.4 Å². The number of aryl methyl sites for hydroxylation is 3. The number of hydrogen-bond acceptors (Lipinski definition) is 2. The molecule has 1 aromatic carbocycles. The Hall–Kier alpha value is -0.930. The van der Waals surface area contributed by atoms with Gasteiger partial charge in [0.25, 0.3) is 0 Å². The Balaban J connectivity index is 2.70. The molecule has 0 amide bonds. The topological polar surface area (TPSA) is 40.5 Å². The zero-order valence-corrected chi connectivity index (χ0v) is 9.83. The Kier molecular flexibility index (Phi) is 4.90. The summed E-state index contributed by atoms with van der Waals surface area (Å²) in [6.07, 6.45) is 1.16. The molecule has 0 atom stereocenters. The van der Waals surface area contributed by atoms with Crippen LogP contribution in [0.1, 0.15) is 23.1 Å². The molecule has 0 saturated heterocycles. The van der Waals surface area contributed by atoms with Crippen LogP contribution in [0, 0.1) is 25.6 Å². The predicted molar refractivity (Wildman–Crippen MR) is 61.9 cm³/mol. The molecule has 2 nitrogen and oxygen atoms in total. The maximum absolute atomic E-state index is 13.6. The summed E-state index contributed by atoms with van der Waals surface area (Å²) in [6, 6.07) is 3.38. The van der Waals surface area contributed by atoms with Gasteiger partial charge >= 0.3 is 0 Å². The van der Waals surface area contributed by atoms with Crippen LogP contribution in [0.3, 0.4) is 0 Å². The van der Waals surface area contributed by atoms with Crippen LogP contribution < -0.4 is 0 Å². The van der Waals surface area contributed by atoms with Gasteiger partial charge in [0.05, 0.1) is 0 Å². The second-order valence-corrected chi connectivity index (χ2v) is 4.30. The third-order valence-corrected chi connectivity index (χ3v) is 3.00. The zero-order valence-electron chi connectivity index (χ0n) is 9.83. The minimum Gasteiger partial charge on any atom is -0.396 e. The molecule has 0 fully saturated rings. The lowest BCUT2D eigenvalue weighted by molar-refractivity contribution is 0.144. The maximum Gasteiger partial charge on any atom is 0.126 e. The Morgan fingerprint density at radius 1 is 1.12 bits per heavy atom. The van der Waals surface area contributed by atoms with Gasteiger partial charge in [-0.15, -0.1) is 0 Å². The van der Waals surface area contributed by atoms with Crippen LogP contribution in [0.15, 0.2) is 12.1 Å². The van der Waals surface area contributed by atoms with Gasteiger partial charge in [-0.3, -0.25) is 0 Å². The molecule has 0 aliphatic heterocycles. The van der Waals surface area contributed by atoms with Crippen molar-refractivity contribution in [2.24, 2.45) is 5.92 Å². The van der Waals surface area contributed by atoms with Crippen LogP contribution >= 0.6 is 0 Å². The Labute approximate surface area is 95.7 Å². The molecular weight excluding hydrogens is 207 g/mol. The second-order valence-electron chi connectivity index (χ2n) is 4.30. The monoisotopic (exact) mass is 226 g/mol. The molecule has 0 unspecified atom stereocenters. The smallest absolute Gasteiger partial charge is 0.126 e. The van der Waals surface area contributed by atoms with Crippen molar-refractivity contribution in [3.63, 3.8) is 0 Å². The van der Waals surface area contributed by atoms with E-state index in [0.717, 1.165) is 11.1 Å². The molecule has 16 heavy (non-hydrogen) atoms. The molecule has 0 saturated carbocycles. The zero-order chi connectivity index (χ0) is 12.1. The lowest BCUT2D eigenvalue weighted by Crippen LogP contribution is -2.12. The maximum atomic E-state index is 13.6. The predicted octanol–water partition coefficient (Wildman–Crippen LogP) is 1.98. The van der Waals surface area contributed by atoms with E-state index in [-0.39, 0.29) is 24.9 Å². The number of aliphatic hydroxyl groups excluding tert-OH is 2. The van der Waals surface area contributed by atoms with E-state index in [0.29, 0.717) is 18.4 Å². The van der Waals surface area contributed by atoms with Gasteiger partial charge in [0.2, 0.25) is 0 Å². The van der Waals surface area contributed by atoms with Crippen LogP contribution in [-0.4, -0.2) is 23.4 Å². The van der Waals surface area contributed by atoms with Gasteiger partial charge in [-0.2, -0.15) is 0 Å². The lowest BCUT2D eigenvalue weighted by atomic mass is 9.97. The normalized spacial score (nSPS) is 11.1. The summed E-state index contributed by atoms with van der Waals surface area (Å²) < 4.78 is 13.6. The summed E-state index contributed by atoms with van der Waals surface area (Å²) in [5.74, 6) is -0.348. The minimum absolute atomic E-state index is 0.0526. The molecular formula is C13H19FO2. The molecule has 0 aliphatic rings. The van der Waals surface area contributed by atoms with E-state index in [1.54, 1.807) is 0 Å². The van der Waals surface area contributed by atoms with Gasteiger partial charge < -0.3 is 10.2 Å². The van der Waals surface area contributed by atoms with Gasteiger partial charge in [0, 0.05) is 19.1 Å². The second kappa shape index (κ2) is 5.97. The van der Waals surface area contributed by atoms with Crippen LogP contribution in [-0.2, 0) is 6.42 Å². The fourth-order valence-corrected chi connectivity index (χ4v) is 1.63. The SMILES string of the molecule is Cc1cc(F)c(CCC(CO)CO)cc1C. The largest absolute Gasteiger partial charge is 0.396 e. The van der Waals surface area contributed by atoms with Crippen molar-refractivity contribution in [2.75, 3.05) is 13.2 Å². The highest BCUT2D eigenvalue weighted by Gasteiger charge is 2.09. The van der Waals surface area contributed by atoms with E-state index in [4.69, 9.17) is 10.2 Å². The molecule has 90 valence electrons. The fourth-order valence-electron chi connectivity index (χ4n) is 1.63. The summed E-state index contributed by atoms with van der Waals surface area (Å²) in [5.41, 5.74) is 2.68. The summed E-state index contributed by atoms with van der Waals surface area (Å²) in [7, 11) is 0. The summed E-state index contributed by atoms with van der Waals surface area (Å²) in [5, 5.41) is 17.8. The quantitative estimate of drug-likeness (QED) is 0.806. The first-order valence-electron chi connectivity index (χ1n) is 5.55. The van der Waals surface area contributed by atoms with Gasteiger partial charge in [-0.1, -0.05) is 6.07 Å². The number of hydrogen-bond donors (Lipinski definition) is 2.